The third-order valence-electron chi connectivity index (χ3n) is 4.57. The number of anilines is 1. The Labute approximate surface area is 197 Å². The van der Waals surface area contributed by atoms with Crippen molar-refractivity contribution in [3.8, 4) is 27.9 Å². The van der Waals surface area contributed by atoms with Crippen molar-refractivity contribution in [2.75, 3.05) is 26.1 Å². The number of aromatic nitrogens is 3. The van der Waals surface area contributed by atoms with Crippen LogP contribution < -0.4 is 14.8 Å². The molecule has 1 N–H and O–H groups in total. The molecule has 0 spiro atoms. The summed E-state index contributed by atoms with van der Waals surface area (Å²) >= 11 is 1.40. The molecule has 34 heavy (non-hydrogen) atoms. The number of hydrogen-bond donors (Lipinski definition) is 1. The Kier molecular flexibility index (Phi) is 6.83. The lowest BCUT2D eigenvalue weighted by atomic mass is 10.2. The number of esters is 1. The second-order valence-corrected chi connectivity index (χ2v) is 7.80. The van der Waals surface area contributed by atoms with Gasteiger partial charge >= 0.3 is 5.97 Å². The molecule has 0 atom stereocenters. The minimum absolute atomic E-state index is 0.233. The molecule has 0 bridgehead atoms. The summed E-state index contributed by atoms with van der Waals surface area (Å²) in [5, 5.41) is 8.69. The first-order valence-corrected chi connectivity index (χ1v) is 10.8. The number of thiophene rings is 1. The minimum atomic E-state index is -0.878. The van der Waals surface area contributed by atoms with E-state index in [4.69, 9.17) is 14.2 Å². The first-order valence-electron chi connectivity index (χ1n) is 9.93. The van der Waals surface area contributed by atoms with Gasteiger partial charge in [-0.15, -0.1) is 16.4 Å². The van der Waals surface area contributed by atoms with Crippen LogP contribution in [-0.2, 0) is 9.53 Å². The molecule has 0 saturated heterocycles. The van der Waals surface area contributed by atoms with Gasteiger partial charge in [-0.25, -0.2) is 13.9 Å². The molecule has 0 saturated carbocycles. The van der Waals surface area contributed by atoms with E-state index in [0.29, 0.717) is 28.7 Å². The monoisotopic (exact) mass is 482 g/mol. The number of carbonyl (C=O) groups excluding carboxylic acids is 2. The fourth-order valence-corrected chi connectivity index (χ4v) is 3.70. The van der Waals surface area contributed by atoms with Crippen LogP contribution in [0, 0.1) is 5.82 Å². The maximum Gasteiger partial charge on any atom is 0.378 e. The molecule has 9 nitrogen and oxygen atoms in total. The molecule has 4 aromatic rings. The van der Waals surface area contributed by atoms with Crippen molar-refractivity contribution in [2.24, 2.45) is 0 Å². The van der Waals surface area contributed by atoms with Gasteiger partial charge in [0.2, 0.25) is 0 Å². The lowest BCUT2D eigenvalue weighted by molar-refractivity contribution is -0.119. The third-order valence-corrected chi connectivity index (χ3v) is 5.44. The summed E-state index contributed by atoms with van der Waals surface area (Å²) in [6, 6.07) is 14.1. The first kappa shape index (κ1) is 22.9. The predicted molar refractivity (Wildman–Crippen MR) is 123 cm³/mol. The van der Waals surface area contributed by atoms with Gasteiger partial charge in [-0.05, 0) is 35.7 Å². The summed E-state index contributed by atoms with van der Waals surface area (Å²) in [7, 11) is 2.98. The van der Waals surface area contributed by atoms with Gasteiger partial charge in [-0.1, -0.05) is 6.07 Å². The van der Waals surface area contributed by atoms with Crippen molar-refractivity contribution in [2.45, 2.75) is 0 Å². The Bertz CT molecular complexity index is 1280. The molecular weight excluding hydrogens is 463 g/mol. The molecule has 2 aromatic heterocycles. The highest BCUT2D eigenvalue weighted by atomic mass is 32.1. The maximum absolute atomic E-state index is 13.4. The van der Waals surface area contributed by atoms with Gasteiger partial charge < -0.3 is 19.5 Å². The Morgan fingerprint density at radius 1 is 1.06 bits per heavy atom. The van der Waals surface area contributed by atoms with Crippen LogP contribution in [0.2, 0.25) is 0 Å². The Morgan fingerprint density at radius 2 is 1.76 bits per heavy atom. The molecule has 11 heteroatoms. The number of benzene rings is 2. The van der Waals surface area contributed by atoms with Crippen molar-refractivity contribution in [3.05, 3.63) is 71.6 Å². The van der Waals surface area contributed by atoms with E-state index in [1.807, 2.05) is 17.5 Å². The summed E-state index contributed by atoms with van der Waals surface area (Å²) in [5.74, 6) is -0.713. The topological polar surface area (TPSA) is 105 Å². The number of methoxy groups -OCH3 is 2. The number of hydrogen-bond acceptors (Lipinski definition) is 8. The number of nitrogens with one attached hydrogen (secondary N) is 1. The zero-order valence-corrected chi connectivity index (χ0v) is 19.0. The Hall–Kier alpha value is -4.25. The molecule has 174 valence electrons. The van der Waals surface area contributed by atoms with Crippen LogP contribution in [0.5, 0.6) is 11.5 Å². The number of carbonyl (C=O) groups is 2. The molecule has 0 aliphatic carbocycles. The van der Waals surface area contributed by atoms with Crippen LogP contribution >= 0.6 is 11.3 Å². The number of ether oxygens (including phenoxy) is 3. The normalized spacial score (nSPS) is 10.6. The molecule has 1 amide bonds. The zero-order chi connectivity index (χ0) is 24.1. The van der Waals surface area contributed by atoms with Gasteiger partial charge in [0.1, 0.15) is 17.3 Å². The van der Waals surface area contributed by atoms with Crippen LogP contribution in [-0.4, -0.2) is 47.5 Å². The van der Waals surface area contributed by atoms with Crippen LogP contribution in [0.15, 0.2) is 60.0 Å². The van der Waals surface area contributed by atoms with Crippen molar-refractivity contribution in [3.63, 3.8) is 0 Å². The average Bonchev–Trinajstić information content (AvgIpc) is 3.53. The van der Waals surface area contributed by atoms with Crippen molar-refractivity contribution in [1.29, 1.82) is 0 Å². The average molecular weight is 482 g/mol. The summed E-state index contributed by atoms with van der Waals surface area (Å²) in [5.41, 5.74) is 0.928. The lowest BCUT2D eigenvalue weighted by Gasteiger charge is -2.09. The van der Waals surface area contributed by atoms with E-state index in [1.54, 1.807) is 18.2 Å². The summed E-state index contributed by atoms with van der Waals surface area (Å²) in [6.07, 6.45) is 0. The molecule has 0 radical (unpaired) electrons. The molecule has 2 aromatic carbocycles. The Morgan fingerprint density at radius 3 is 2.38 bits per heavy atom. The molecule has 0 fully saturated rings. The van der Waals surface area contributed by atoms with Gasteiger partial charge in [-0.3, -0.25) is 4.79 Å². The summed E-state index contributed by atoms with van der Waals surface area (Å²) in [4.78, 5) is 29.9. The maximum atomic E-state index is 13.4. The van der Waals surface area contributed by atoms with Crippen LogP contribution in [0.3, 0.4) is 0 Å². The van der Waals surface area contributed by atoms with E-state index >= 15 is 0 Å². The quantitative estimate of drug-likeness (QED) is 0.379. The molecule has 4 rings (SSSR count). The van der Waals surface area contributed by atoms with Crippen LogP contribution in [0.1, 0.15) is 10.6 Å². The van der Waals surface area contributed by atoms with Gasteiger partial charge in [0.05, 0.1) is 24.8 Å². The smallest absolute Gasteiger partial charge is 0.378 e. The number of nitrogens with zero attached hydrogens (tertiary/aromatic N) is 3. The van der Waals surface area contributed by atoms with Gasteiger partial charge in [-0.2, -0.15) is 4.98 Å². The van der Waals surface area contributed by atoms with Crippen molar-refractivity contribution < 1.29 is 28.2 Å². The van der Waals surface area contributed by atoms with Gasteiger partial charge in [0, 0.05) is 23.9 Å². The minimum Gasteiger partial charge on any atom is -0.497 e. The van der Waals surface area contributed by atoms with Gasteiger partial charge in [0.15, 0.2) is 12.4 Å². The van der Waals surface area contributed by atoms with E-state index in [2.05, 4.69) is 15.4 Å². The summed E-state index contributed by atoms with van der Waals surface area (Å²) < 4.78 is 30.2. The van der Waals surface area contributed by atoms with Crippen molar-refractivity contribution >= 4 is 28.9 Å². The standard InChI is InChI=1S/C23H19FN4O5S/c1-31-17-10-15(11-18(12-17)32-2)25-20(29)13-33-23(30)21-26-22(19-4-3-9-34-19)28(27-21)16-7-5-14(24)6-8-16/h3-12H,13H2,1-2H3,(H,25,29). The molecular formula is C23H19FN4O5S. The molecule has 0 aliphatic heterocycles. The number of halogens is 1. The van der Waals surface area contributed by atoms with E-state index in [0.717, 1.165) is 4.88 Å². The highest BCUT2D eigenvalue weighted by molar-refractivity contribution is 7.13. The molecule has 0 unspecified atom stereocenters. The van der Waals surface area contributed by atoms with Gasteiger partial charge in [0.25, 0.3) is 11.7 Å². The highest BCUT2D eigenvalue weighted by Crippen LogP contribution is 2.27. The molecule has 0 aliphatic rings. The number of amides is 1. The van der Waals surface area contributed by atoms with Crippen molar-refractivity contribution in [1.82, 2.24) is 14.8 Å². The predicted octanol–water partition coefficient (Wildman–Crippen LogP) is 3.95. The summed E-state index contributed by atoms with van der Waals surface area (Å²) in [6.45, 7) is -0.558. The second kappa shape index (κ2) is 10.1. The number of rotatable bonds is 8. The largest absolute Gasteiger partial charge is 0.497 e. The second-order valence-electron chi connectivity index (χ2n) is 6.85. The van der Waals surface area contributed by atoms with Crippen LogP contribution in [0.25, 0.3) is 16.4 Å². The molecule has 2 heterocycles. The SMILES string of the molecule is COc1cc(NC(=O)COC(=O)c2nc(-c3cccs3)n(-c3ccc(F)cc3)n2)cc(OC)c1. The first-order chi connectivity index (χ1) is 16.5. The van der Waals surface area contributed by atoms with Crippen LogP contribution in [0.4, 0.5) is 10.1 Å². The van der Waals surface area contributed by atoms with E-state index in [9.17, 15) is 14.0 Å². The lowest BCUT2D eigenvalue weighted by Crippen LogP contribution is -2.21. The highest BCUT2D eigenvalue weighted by Gasteiger charge is 2.21. The van der Waals surface area contributed by atoms with E-state index < -0.39 is 24.3 Å². The fourth-order valence-electron chi connectivity index (χ4n) is 3.00. The fraction of sp³-hybridized carbons (Fsp3) is 0.130. The zero-order valence-electron chi connectivity index (χ0n) is 18.1. The van der Waals surface area contributed by atoms with E-state index in [1.165, 1.54) is 54.5 Å². The third kappa shape index (κ3) is 5.21. The van der Waals surface area contributed by atoms with E-state index in [-0.39, 0.29) is 5.82 Å². The Balaban J connectivity index is 1.48.